The largest absolute Gasteiger partial charge is 0.489 e. The first-order valence-electron chi connectivity index (χ1n) is 12.0. The van der Waals surface area contributed by atoms with E-state index in [1.807, 2.05) is 31.2 Å². The van der Waals surface area contributed by atoms with E-state index >= 15 is 0 Å². The van der Waals surface area contributed by atoms with E-state index in [0.717, 1.165) is 53.3 Å². The quantitative estimate of drug-likeness (QED) is 0.431. The average Bonchev–Trinajstić information content (AvgIpc) is 3.52. The third-order valence-electron chi connectivity index (χ3n) is 7.70. The summed E-state index contributed by atoms with van der Waals surface area (Å²) in [6, 6.07) is 7.66. The molecule has 182 valence electrons. The number of carbonyl (C=O) groups excluding carboxylic acids is 1. The van der Waals surface area contributed by atoms with Gasteiger partial charge < -0.3 is 25.1 Å². The van der Waals surface area contributed by atoms with Crippen molar-refractivity contribution in [2.75, 3.05) is 25.1 Å². The fourth-order valence-corrected chi connectivity index (χ4v) is 5.18. The van der Waals surface area contributed by atoms with Gasteiger partial charge in [0.25, 0.3) is 5.91 Å². The lowest BCUT2D eigenvalue weighted by atomic mass is 9.83. The first-order valence-corrected chi connectivity index (χ1v) is 12.4. The molecule has 1 atom stereocenters. The van der Waals surface area contributed by atoms with Gasteiger partial charge in [-0.1, -0.05) is 31.5 Å². The third-order valence-corrected chi connectivity index (χ3v) is 8.11. The molecule has 2 aromatic heterocycles. The van der Waals surface area contributed by atoms with Crippen LogP contribution in [0.2, 0.25) is 5.02 Å². The summed E-state index contributed by atoms with van der Waals surface area (Å²) >= 11 is 6.41. The van der Waals surface area contributed by atoms with Crippen molar-refractivity contribution in [3.63, 3.8) is 0 Å². The predicted molar refractivity (Wildman–Crippen MR) is 136 cm³/mol. The number of nitrogens with zero attached hydrogens (tertiary/aromatic N) is 1. The van der Waals surface area contributed by atoms with E-state index < -0.39 is 0 Å². The second-order valence-electron chi connectivity index (χ2n) is 10.6. The summed E-state index contributed by atoms with van der Waals surface area (Å²) in [5, 5.41) is 7.30. The smallest absolute Gasteiger partial charge is 0.255 e. The summed E-state index contributed by atoms with van der Waals surface area (Å²) in [6.45, 7) is 8.14. The zero-order valence-corrected chi connectivity index (χ0v) is 20.9. The Bertz CT molecular complexity index is 1330. The van der Waals surface area contributed by atoms with E-state index in [1.165, 1.54) is 0 Å². The minimum absolute atomic E-state index is 0.0274. The van der Waals surface area contributed by atoms with Crippen LogP contribution in [0.1, 0.15) is 48.3 Å². The molecule has 2 aliphatic heterocycles. The van der Waals surface area contributed by atoms with Crippen LogP contribution >= 0.6 is 11.6 Å². The fourth-order valence-electron chi connectivity index (χ4n) is 5.01. The van der Waals surface area contributed by atoms with Gasteiger partial charge in [0.1, 0.15) is 12.4 Å². The standard InChI is InChI=1S/C27H29ClN4O3/c1-15-17(28)5-4-6-18(15)31-23-21-24(27(8-9-27)13-30-25(21)33)32-22(23)16-7-10-29-11-19(16)34-12-20-26(2,3)14-35-20/h4-7,10-11,20,31-32H,8-9,12-14H2,1-3H3,(H,30,33). The summed E-state index contributed by atoms with van der Waals surface area (Å²) in [5.74, 6) is 0.567. The fraction of sp³-hybridized carbons (Fsp3) is 0.407. The number of anilines is 2. The number of fused-ring (bicyclic) bond motifs is 2. The van der Waals surface area contributed by atoms with Crippen LogP contribution in [0.15, 0.2) is 36.7 Å². The molecule has 8 heteroatoms. The summed E-state index contributed by atoms with van der Waals surface area (Å²) in [7, 11) is 0. The highest BCUT2D eigenvalue weighted by Gasteiger charge is 2.51. The Morgan fingerprint density at radius 3 is 2.83 bits per heavy atom. The molecule has 3 N–H and O–H groups in total. The van der Waals surface area contributed by atoms with Gasteiger partial charge >= 0.3 is 0 Å². The number of aromatic amines is 1. The van der Waals surface area contributed by atoms with Crippen molar-refractivity contribution in [2.24, 2.45) is 5.41 Å². The second kappa shape index (κ2) is 8.00. The number of carbonyl (C=O) groups is 1. The molecular weight excluding hydrogens is 464 g/mol. The Hall–Kier alpha value is -3.03. The zero-order valence-electron chi connectivity index (χ0n) is 20.1. The lowest BCUT2D eigenvalue weighted by molar-refractivity contribution is -0.180. The normalized spacial score (nSPS) is 21.1. The van der Waals surface area contributed by atoms with Gasteiger partial charge in [-0.05, 0) is 43.5 Å². The van der Waals surface area contributed by atoms with Gasteiger partial charge in [-0.2, -0.15) is 0 Å². The molecule has 1 saturated carbocycles. The minimum Gasteiger partial charge on any atom is -0.489 e. The van der Waals surface area contributed by atoms with Gasteiger partial charge in [0.15, 0.2) is 0 Å². The highest BCUT2D eigenvalue weighted by Crippen LogP contribution is 2.54. The molecule has 6 rings (SSSR count). The lowest BCUT2D eigenvalue weighted by Crippen LogP contribution is -2.50. The highest BCUT2D eigenvalue weighted by molar-refractivity contribution is 6.31. The van der Waals surface area contributed by atoms with Crippen LogP contribution in [-0.4, -0.2) is 41.7 Å². The first kappa shape index (κ1) is 22.4. The van der Waals surface area contributed by atoms with Crippen molar-refractivity contribution in [3.05, 3.63) is 58.5 Å². The monoisotopic (exact) mass is 492 g/mol. The number of ether oxygens (including phenoxy) is 2. The van der Waals surface area contributed by atoms with Crippen LogP contribution in [-0.2, 0) is 10.2 Å². The maximum absolute atomic E-state index is 13.2. The summed E-state index contributed by atoms with van der Waals surface area (Å²) < 4.78 is 12.0. The van der Waals surface area contributed by atoms with Crippen LogP contribution in [0.25, 0.3) is 11.3 Å². The van der Waals surface area contributed by atoms with Gasteiger partial charge in [0.2, 0.25) is 0 Å². The Balaban J connectivity index is 1.45. The maximum Gasteiger partial charge on any atom is 0.255 e. The molecule has 3 aromatic rings. The van der Waals surface area contributed by atoms with E-state index in [4.69, 9.17) is 21.1 Å². The van der Waals surface area contributed by atoms with Gasteiger partial charge in [0.05, 0.1) is 35.9 Å². The maximum atomic E-state index is 13.2. The molecular formula is C27H29ClN4O3. The number of halogens is 1. The number of amides is 1. The average molecular weight is 493 g/mol. The first-order chi connectivity index (χ1) is 16.8. The third kappa shape index (κ3) is 3.69. The van der Waals surface area contributed by atoms with Crippen molar-refractivity contribution in [1.29, 1.82) is 0 Å². The molecule has 7 nitrogen and oxygen atoms in total. The molecule has 1 saturated heterocycles. The molecule has 4 heterocycles. The molecule has 1 amide bonds. The Morgan fingerprint density at radius 2 is 2.11 bits per heavy atom. The number of hydrogen-bond donors (Lipinski definition) is 3. The van der Waals surface area contributed by atoms with Gasteiger partial charge in [-0.25, -0.2) is 0 Å². The second-order valence-corrected chi connectivity index (χ2v) is 11.0. The van der Waals surface area contributed by atoms with Crippen molar-refractivity contribution in [2.45, 2.75) is 45.1 Å². The van der Waals surface area contributed by atoms with Crippen molar-refractivity contribution in [1.82, 2.24) is 15.3 Å². The molecule has 3 aliphatic rings. The molecule has 1 aromatic carbocycles. The number of nitrogens with one attached hydrogen (secondary N) is 3. The van der Waals surface area contributed by atoms with Crippen LogP contribution in [0, 0.1) is 12.3 Å². The molecule has 2 fully saturated rings. The van der Waals surface area contributed by atoms with Gasteiger partial charge in [0, 0.05) is 45.5 Å². The van der Waals surface area contributed by atoms with Crippen LogP contribution in [0.5, 0.6) is 5.75 Å². The molecule has 1 spiro atoms. The lowest BCUT2D eigenvalue weighted by Gasteiger charge is -2.43. The van der Waals surface area contributed by atoms with E-state index in [9.17, 15) is 4.79 Å². The summed E-state index contributed by atoms with van der Waals surface area (Å²) in [4.78, 5) is 21.1. The molecule has 0 bridgehead atoms. The van der Waals surface area contributed by atoms with Crippen molar-refractivity contribution in [3.8, 4) is 17.0 Å². The predicted octanol–water partition coefficient (Wildman–Crippen LogP) is 5.36. The molecule has 1 aliphatic carbocycles. The number of rotatable bonds is 6. The van der Waals surface area contributed by atoms with Crippen molar-refractivity contribution >= 4 is 28.9 Å². The van der Waals surface area contributed by atoms with E-state index in [1.54, 1.807) is 12.4 Å². The van der Waals surface area contributed by atoms with Gasteiger partial charge in [-0.15, -0.1) is 0 Å². The van der Waals surface area contributed by atoms with E-state index in [0.29, 0.717) is 29.5 Å². The summed E-state index contributed by atoms with van der Waals surface area (Å²) in [6.07, 6.45) is 5.59. The Morgan fingerprint density at radius 1 is 1.29 bits per heavy atom. The van der Waals surface area contributed by atoms with Crippen molar-refractivity contribution < 1.29 is 14.3 Å². The highest BCUT2D eigenvalue weighted by atomic mass is 35.5. The Labute approximate surface area is 209 Å². The minimum atomic E-state index is -0.0802. The van der Waals surface area contributed by atoms with Crippen LogP contribution in [0.3, 0.4) is 0 Å². The molecule has 1 unspecified atom stereocenters. The van der Waals surface area contributed by atoms with E-state index in [-0.39, 0.29) is 22.8 Å². The zero-order chi connectivity index (χ0) is 24.4. The van der Waals surface area contributed by atoms with Crippen LogP contribution in [0.4, 0.5) is 11.4 Å². The number of benzene rings is 1. The SMILES string of the molecule is Cc1c(Cl)cccc1Nc1c(-c2ccncc2OCC2OCC2(C)C)[nH]c2c1C(=O)NCC21CC1. The number of H-pyrrole nitrogens is 1. The molecule has 0 radical (unpaired) electrons. The summed E-state index contributed by atoms with van der Waals surface area (Å²) in [5.41, 5.74) is 5.86. The topological polar surface area (TPSA) is 88.3 Å². The number of aromatic nitrogens is 2. The Kier molecular flexibility index (Phi) is 5.13. The number of pyridine rings is 1. The van der Waals surface area contributed by atoms with Gasteiger partial charge in [-0.3, -0.25) is 9.78 Å². The van der Waals surface area contributed by atoms with Crippen LogP contribution < -0.4 is 15.4 Å². The molecule has 35 heavy (non-hydrogen) atoms. The number of hydrogen-bond acceptors (Lipinski definition) is 5. The van der Waals surface area contributed by atoms with E-state index in [2.05, 4.69) is 34.4 Å².